The number of nitrogens with one attached hydrogen (secondary N) is 1. The van der Waals surface area contributed by atoms with Gasteiger partial charge in [0, 0.05) is 50.4 Å². The summed E-state index contributed by atoms with van der Waals surface area (Å²) >= 11 is 6.52. The van der Waals surface area contributed by atoms with Gasteiger partial charge in [-0.15, -0.1) is 0 Å². The van der Waals surface area contributed by atoms with Crippen LogP contribution in [0.1, 0.15) is 50.8 Å². The molecule has 1 aromatic carbocycles. The number of nitrogens with zero attached hydrogens (tertiary/aromatic N) is 4. The second-order valence-corrected chi connectivity index (χ2v) is 11.9. The monoisotopic (exact) mass is 563 g/mol. The first-order chi connectivity index (χ1) is 19.5. The Balaban J connectivity index is 1.37. The van der Waals surface area contributed by atoms with Crippen LogP contribution in [0.2, 0.25) is 5.02 Å². The predicted octanol–water partition coefficient (Wildman–Crippen LogP) is 6.08. The van der Waals surface area contributed by atoms with Crippen LogP contribution in [0, 0.1) is 11.7 Å². The van der Waals surface area contributed by atoms with Gasteiger partial charge < -0.3 is 15.0 Å². The van der Waals surface area contributed by atoms with Crippen LogP contribution in [-0.2, 0) is 12.0 Å². The summed E-state index contributed by atoms with van der Waals surface area (Å²) in [4.78, 5) is 14.8. The lowest BCUT2D eigenvalue weighted by Gasteiger charge is -2.53. The molecule has 3 atom stereocenters. The van der Waals surface area contributed by atoms with E-state index in [-0.39, 0.29) is 11.2 Å². The largest absolute Gasteiger partial charge is 0.477 e. The van der Waals surface area contributed by atoms with Gasteiger partial charge >= 0.3 is 0 Å². The summed E-state index contributed by atoms with van der Waals surface area (Å²) in [5.41, 5.74) is 5.31. The van der Waals surface area contributed by atoms with Gasteiger partial charge in [0.25, 0.3) is 0 Å². The van der Waals surface area contributed by atoms with Gasteiger partial charge in [-0.3, -0.25) is 9.88 Å². The molecule has 0 radical (unpaired) electrons. The number of hydrogen-bond donors (Lipinski definition) is 1. The number of fused-ring (bicyclic) bond motifs is 2. The zero-order valence-corrected chi connectivity index (χ0v) is 24.3. The topological polar surface area (TPSA) is 53.5 Å². The summed E-state index contributed by atoms with van der Waals surface area (Å²) in [6.07, 6.45) is 6.29. The van der Waals surface area contributed by atoms with Crippen molar-refractivity contribution < 1.29 is 9.13 Å². The second-order valence-electron chi connectivity index (χ2n) is 11.5. The molecule has 1 spiro atoms. The Hall–Kier alpha value is -2.74. The molecule has 40 heavy (non-hydrogen) atoms. The van der Waals surface area contributed by atoms with Crippen LogP contribution in [0.4, 0.5) is 10.1 Å². The number of aromatic nitrogens is 2. The first-order valence-corrected chi connectivity index (χ1v) is 15.1. The summed E-state index contributed by atoms with van der Waals surface area (Å²) in [6.45, 7) is 10.6. The molecule has 2 saturated heterocycles. The van der Waals surface area contributed by atoms with Gasteiger partial charge in [0.1, 0.15) is 5.82 Å². The fraction of sp³-hybridized carbons (Fsp3) is 0.500. The van der Waals surface area contributed by atoms with E-state index in [0.29, 0.717) is 29.5 Å². The highest BCUT2D eigenvalue weighted by atomic mass is 35.5. The number of halogens is 2. The third-order valence-corrected chi connectivity index (χ3v) is 9.45. The molecule has 3 aliphatic heterocycles. The van der Waals surface area contributed by atoms with E-state index in [1.54, 1.807) is 6.20 Å². The van der Waals surface area contributed by atoms with Crippen LogP contribution in [0.15, 0.2) is 48.7 Å². The van der Waals surface area contributed by atoms with Crippen molar-refractivity contribution in [2.45, 2.75) is 57.5 Å². The Morgan fingerprint density at radius 3 is 2.88 bits per heavy atom. The standard InChI is InChI=1S/C32H39ClFN5O/c1-3-22-18-39(30-12-9-23(34)17-27(30)33)16-13-32(22)21-38(19-24-7-5-14-35-24)20-29-26(32)10-11-28(37-29)25-8-6-15-36-31(25)40-4-2/h6,8-12,15,17,22,24,35H,3-5,7,13-14,16,18-21H2,1-2H3/t22-,24-,32+/m1/s1. The lowest BCUT2D eigenvalue weighted by atomic mass is 9.62. The van der Waals surface area contributed by atoms with Crippen LogP contribution >= 0.6 is 11.6 Å². The van der Waals surface area contributed by atoms with E-state index in [4.69, 9.17) is 21.3 Å². The number of anilines is 1. The van der Waals surface area contributed by atoms with Gasteiger partial charge in [-0.05, 0) is 80.6 Å². The molecule has 3 aromatic rings. The number of piperidine rings is 1. The molecule has 6 rings (SSSR count). The van der Waals surface area contributed by atoms with Crippen molar-refractivity contribution in [3.8, 4) is 17.1 Å². The van der Waals surface area contributed by atoms with Gasteiger partial charge in [-0.25, -0.2) is 9.37 Å². The van der Waals surface area contributed by atoms with E-state index in [2.05, 4.69) is 39.2 Å². The first-order valence-electron chi connectivity index (χ1n) is 14.7. The average Bonchev–Trinajstić information content (AvgIpc) is 3.47. The van der Waals surface area contributed by atoms with Gasteiger partial charge in [0.15, 0.2) is 0 Å². The molecule has 212 valence electrons. The van der Waals surface area contributed by atoms with Crippen molar-refractivity contribution in [3.63, 3.8) is 0 Å². The Morgan fingerprint density at radius 2 is 2.10 bits per heavy atom. The normalized spacial score (nSPS) is 24.9. The first kappa shape index (κ1) is 27.4. The predicted molar refractivity (Wildman–Crippen MR) is 159 cm³/mol. The van der Waals surface area contributed by atoms with Gasteiger partial charge in [-0.2, -0.15) is 0 Å². The van der Waals surface area contributed by atoms with Crippen LogP contribution in [0.5, 0.6) is 5.88 Å². The van der Waals surface area contributed by atoms with Gasteiger partial charge in [0.05, 0.1) is 34.3 Å². The Labute approximate surface area is 241 Å². The molecule has 5 heterocycles. The quantitative estimate of drug-likeness (QED) is 0.376. The Kier molecular flexibility index (Phi) is 7.98. The van der Waals surface area contributed by atoms with E-state index in [1.165, 1.54) is 36.2 Å². The van der Waals surface area contributed by atoms with Crippen molar-refractivity contribution in [2.75, 3.05) is 44.2 Å². The fourth-order valence-electron chi connectivity index (χ4n) is 7.28. The van der Waals surface area contributed by atoms with E-state index < -0.39 is 0 Å². The number of rotatable bonds is 7. The summed E-state index contributed by atoms with van der Waals surface area (Å²) in [7, 11) is 0. The molecule has 0 aliphatic carbocycles. The summed E-state index contributed by atoms with van der Waals surface area (Å²) in [5.74, 6) is 0.742. The second kappa shape index (κ2) is 11.6. The highest BCUT2D eigenvalue weighted by molar-refractivity contribution is 6.33. The van der Waals surface area contributed by atoms with Gasteiger partial charge in [0.2, 0.25) is 5.88 Å². The number of pyridine rings is 2. The van der Waals surface area contributed by atoms with Gasteiger partial charge in [-0.1, -0.05) is 31.0 Å². The van der Waals surface area contributed by atoms with Crippen LogP contribution in [-0.4, -0.2) is 60.2 Å². The smallest absolute Gasteiger partial charge is 0.222 e. The minimum absolute atomic E-state index is 0.00679. The molecule has 0 unspecified atom stereocenters. The number of ether oxygens (including phenoxy) is 1. The molecule has 0 bridgehead atoms. The molecule has 3 aliphatic rings. The zero-order valence-electron chi connectivity index (χ0n) is 23.5. The molecular weight excluding hydrogens is 525 g/mol. The van der Waals surface area contributed by atoms with Crippen LogP contribution < -0.4 is 15.0 Å². The van der Waals surface area contributed by atoms with Crippen molar-refractivity contribution in [1.82, 2.24) is 20.2 Å². The fourth-order valence-corrected chi connectivity index (χ4v) is 7.56. The van der Waals surface area contributed by atoms with E-state index in [0.717, 1.165) is 69.1 Å². The molecule has 1 N–H and O–H groups in total. The molecule has 8 heteroatoms. The molecule has 0 amide bonds. The molecule has 2 aromatic heterocycles. The Bertz CT molecular complexity index is 1350. The molecule has 2 fully saturated rings. The van der Waals surface area contributed by atoms with E-state index >= 15 is 0 Å². The molecule has 6 nitrogen and oxygen atoms in total. The van der Waals surface area contributed by atoms with Crippen molar-refractivity contribution >= 4 is 17.3 Å². The van der Waals surface area contributed by atoms with E-state index in [1.807, 2.05) is 25.1 Å². The lowest BCUT2D eigenvalue weighted by molar-refractivity contribution is 0.0968. The highest BCUT2D eigenvalue weighted by Gasteiger charge is 2.48. The summed E-state index contributed by atoms with van der Waals surface area (Å²) < 4.78 is 19.7. The third-order valence-electron chi connectivity index (χ3n) is 9.15. The van der Waals surface area contributed by atoms with E-state index in [9.17, 15) is 4.39 Å². The zero-order chi connectivity index (χ0) is 27.7. The summed E-state index contributed by atoms with van der Waals surface area (Å²) in [5, 5.41) is 4.19. The minimum atomic E-state index is -0.297. The SMILES string of the molecule is CCOc1ncccc1-c1ccc2c(n1)CN(C[C@H]1CCCN1)C[C@]21CCN(c2ccc(F)cc2Cl)C[C@H]1CC. The minimum Gasteiger partial charge on any atom is -0.477 e. The maximum absolute atomic E-state index is 13.8. The third kappa shape index (κ3) is 5.19. The molecule has 0 saturated carbocycles. The average molecular weight is 564 g/mol. The van der Waals surface area contributed by atoms with Crippen molar-refractivity contribution in [2.24, 2.45) is 5.92 Å². The lowest BCUT2D eigenvalue weighted by Crippen LogP contribution is -2.58. The number of hydrogen-bond acceptors (Lipinski definition) is 6. The van der Waals surface area contributed by atoms with Crippen LogP contribution in [0.25, 0.3) is 11.3 Å². The number of benzene rings is 1. The summed E-state index contributed by atoms with van der Waals surface area (Å²) in [6, 6.07) is 13.8. The Morgan fingerprint density at radius 1 is 1.20 bits per heavy atom. The maximum atomic E-state index is 13.8. The maximum Gasteiger partial charge on any atom is 0.222 e. The van der Waals surface area contributed by atoms with Crippen molar-refractivity contribution in [1.29, 1.82) is 0 Å². The van der Waals surface area contributed by atoms with Crippen molar-refractivity contribution in [3.05, 3.63) is 70.8 Å². The van der Waals surface area contributed by atoms with Crippen LogP contribution in [0.3, 0.4) is 0 Å². The molecular formula is C32H39ClFN5O. The highest BCUT2D eigenvalue weighted by Crippen LogP contribution is 2.48.